The van der Waals surface area contributed by atoms with Crippen LogP contribution < -0.4 is 4.74 Å². The molecule has 2 heterocycles. The molecule has 5 nitrogen and oxygen atoms in total. The number of para-hydroxylation sites is 1. The van der Waals surface area contributed by atoms with Crippen LogP contribution in [0.25, 0.3) is 27.5 Å². The van der Waals surface area contributed by atoms with Crippen LogP contribution in [0.15, 0.2) is 60.9 Å². The lowest BCUT2D eigenvalue weighted by Crippen LogP contribution is -2.00. The monoisotopic (exact) mass is 332 g/mol. The van der Waals surface area contributed by atoms with Crippen molar-refractivity contribution in [2.24, 2.45) is 0 Å². The Kier molecular flexibility index (Phi) is 3.61. The van der Waals surface area contributed by atoms with E-state index in [1.165, 1.54) is 7.11 Å². The van der Waals surface area contributed by atoms with Crippen molar-refractivity contribution >= 4 is 27.8 Å². The van der Waals surface area contributed by atoms with Gasteiger partial charge in [0.05, 0.1) is 36.5 Å². The Morgan fingerprint density at radius 1 is 1.04 bits per heavy atom. The molecule has 2 aromatic heterocycles. The number of carbonyl (C=O) groups is 1. The second-order valence-corrected chi connectivity index (χ2v) is 5.63. The van der Waals surface area contributed by atoms with E-state index in [-0.39, 0.29) is 5.97 Å². The van der Waals surface area contributed by atoms with Crippen LogP contribution in [-0.4, -0.2) is 29.7 Å². The summed E-state index contributed by atoms with van der Waals surface area (Å²) in [6.07, 6.45) is 3.57. The van der Waals surface area contributed by atoms with Gasteiger partial charge in [-0.2, -0.15) is 0 Å². The first-order chi connectivity index (χ1) is 12.2. The Hall–Kier alpha value is -3.34. The first-order valence-corrected chi connectivity index (χ1v) is 7.84. The molecule has 0 bridgehead atoms. The summed E-state index contributed by atoms with van der Waals surface area (Å²) in [5.74, 6) is 0.355. The third-order valence-corrected chi connectivity index (χ3v) is 4.30. The number of hydrogen-bond acceptors (Lipinski definition) is 4. The molecule has 0 aliphatic carbocycles. The zero-order valence-electron chi connectivity index (χ0n) is 13.9. The minimum atomic E-state index is -0.368. The maximum atomic E-state index is 12.2. The van der Waals surface area contributed by atoms with Gasteiger partial charge in [0.25, 0.3) is 0 Å². The van der Waals surface area contributed by atoms with Crippen LogP contribution in [0.1, 0.15) is 10.4 Å². The molecule has 0 N–H and O–H groups in total. The third kappa shape index (κ3) is 2.41. The van der Waals surface area contributed by atoms with Crippen molar-refractivity contribution in [1.82, 2.24) is 9.55 Å². The predicted molar refractivity (Wildman–Crippen MR) is 96.5 cm³/mol. The quantitative estimate of drug-likeness (QED) is 0.533. The number of rotatable bonds is 3. The molecule has 0 aliphatic rings. The molecule has 0 unspecified atom stereocenters. The minimum Gasteiger partial charge on any atom is -0.497 e. The van der Waals surface area contributed by atoms with E-state index in [4.69, 9.17) is 9.47 Å². The lowest BCUT2D eigenvalue weighted by molar-refractivity contribution is 0.0603. The van der Waals surface area contributed by atoms with Gasteiger partial charge >= 0.3 is 5.97 Å². The molecule has 25 heavy (non-hydrogen) atoms. The van der Waals surface area contributed by atoms with E-state index < -0.39 is 0 Å². The number of nitrogens with zero attached hydrogens (tertiary/aromatic N) is 2. The molecule has 124 valence electrons. The molecule has 0 spiro atoms. The molecule has 0 amide bonds. The van der Waals surface area contributed by atoms with Gasteiger partial charge in [-0.1, -0.05) is 18.2 Å². The number of benzene rings is 2. The van der Waals surface area contributed by atoms with Gasteiger partial charge in [-0.15, -0.1) is 0 Å². The maximum Gasteiger partial charge on any atom is 0.340 e. The van der Waals surface area contributed by atoms with E-state index in [0.717, 1.165) is 33.2 Å². The molecule has 4 aromatic rings. The van der Waals surface area contributed by atoms with Gasteiger partial charge in [-0.05, 0) is 24.3 Å². The molecule has 0 atom stereocenters. The normalized spacial score (nSPS) is 11.0. The van der Waals surface area contributed by atoms with E-state index in [1.807, 2.05) is 53.1 Å². The number of aromatic nitrogens is 2. The van der Waals surface area contributed by atoms with Crippen LogP contribution in [0.5, 0.6) is 5.75 Å². The number of pyridine rings is 1. The van der Waals surface area contributed by atoms with Crippen molar-refractivity contribution in [3.05, 3.63) is 66.5 Å². The number of carbonyl (C=O) groups excluding carboxylic acids is 1. The molecule has 0 aliphatic heterocycles. The van der Waals surface area contributed by atoms with E-state index in [0.29, 0.717) is 5.56 Å². The second-order valence-electron chi connectivity index (χ2n) is 5.63. The number of esters is 1. The fraction of sp³-hybridized carbons (Fsp3) is 0.100. The van der Waals surface area contributed by atoms with E-state index in [9.17, 15) is 4.79 Å². The molecular weight excluding hydrogens is 316 g/mol. The summed E-state index contributed by atoms with van der Waals surface area (Å²) in [7, 11) is 3.01. The van der Waals surface area contributed by atoms with Gasteiger partial charge in [0, 0.05) is 29.2 Å². The van der Waals surface area contributed by atoms with Crippen molar-refractivity contribution in [2.45, 2.75) is 0 Å². The van der Waals surface area contributed by atoms with Crippen molar-refractivity contribution in [3.8, 4) is 11.4 Å². The topological polar surface area (TPSA) is 53.4 Å². The van der Waals surface area contributed by atoms with Gasteiger partial charge in [-0.25, -0.2) is 4.79 Å². The molecule has 0 fully saturated rings. The fourth-order valence-corrected chi connectivity index (χ4v) is 3.10. The van der Waals surface area contributed by atoms with Crippen molar-refractivity contribution in [1.29, 1.82) is 0 Å². The van der Waals surface area contributed by atoms with Gasteiger partial charge in [-0.3, -0.25) is 4.98 Å². The van der Waals surface area contributed by atoms with Crippen molar-refractivity contribution < 1.29 is 14.3 Å². The highest BCUT2D eigenvalue weighted by atomic mass is 16.5. The van der Waals surface area contributed by atoms with E-state index >= 15 is 0 Å². The van der Waals surface area contributed by atoms with Crippen LogP contribution in [0, 0.1) is 0 Å². The SMILES string of the molecule is COC(=O)c1cn(-c2ccnc3ccccc23)c2cc(OC)ccc12. The first-order valence-electron chi connectivity index (χ1n) is 7.84. The lowest BCUT2D eigenvalue weighted by atomic mass is 10.1. The zero-order valence-corrected chi connectivity index (χ0v) is 13.9. The second kappa shape index (κ2) is 5.94. The van der Waals surface area contributed by atoms with Crippen LogP contribution in [0.2, 0.25) is 0 Å². The van der Waals surface area contributed by atoms with Crippen molar-refractivity contribution in [2.75, 3.05) is 14.2 Å². The minimum absolute atomic E-state index is 0.368. The summed E-state index contributed by atoms with van der Waals surface area (Å²) in [5, 5.41) is 1.81. The van der Waals surface area contributed by atoms with Crippen LogP contribution in [0.4, 0.5) is 0 Å². The Labute approximate surface area is 144 Å². The molecule has 0 saturated heterocycles. The van der Waals surface area contributed by atoms with Gasteiger partial charge in [0.2, 0.25) is 0 Å². The molecule has 2 aromatic carbocycles. The Morgan fingerprint density at radius 2 is 1.88 bits per heavy atom. The Bertz CT molecular complexity index is 1090. The van der Waals surface area contributed by atoms with Gasteiger partial charge in [0.1, 0.15) is 5.75 Å². The number of ether oxygens (including phenoxy) is 2. The predicted octanol–water partition coefficient (Wildman–Crippen LogP) is 3.97. The summed E-state index contributed by atoms with van der Waals surface area (Å²) in [5.41, 5.74) is 3.22. The molecule has 0 radical (unpaired) electrons. The molecule has 4 rings (SSSR count). The Morgan fingerprint density at radius 3 is 2.68 bits per heavy atom. The summed E-state index contributed by atoms with van der Waals surface area (Å²) in [4.78, 5) is 16.6. The average Bonchev–Trinajstić information content (AvgIpc) is 3.05. The van der Waals surface area contributed by atoms with Crippen LogP contribution >= 0.6 is 0 Å². The van der Waals surface area contributed by atoms with E-state index in [2.05, 4.69) is 4.98 Å². The maximum absolute atomic E-state index is 12.2. The molecular formula is C20H16N2O3. The van der Waals surface area contributed by atoms with Crippen LogP contribution in [-0.2, 0) is 4.74 Å². The van der Waals surface area contributed by atoms with Gasteiger partial charge < -0.3 is 14.0 Å². The summed E-state index contributed by atoms with van der Waals surface area (Å²) >= 11 is 0. The lowest BCUT2D eigenvalue weighted by Gasteiger charge is -2.09. The number of fused-ring (bicyclic) bond motifs is 2. The zero-order chi connectivity index (χ0) is 17.4. The Balaban J connectivity index is 2.08. The number of hydrogen-bond donors (Lipinski definition) is 0. The standard InChI is InChI=1S/C20H16N2O3/c1-24-13-7-8-14-16(20(23)25-2)12-22(19(14)11-13)18-9-10-21-17-6-4-3-5-15(17)18/h3-12H,1-2H3. The van der Waals surface area contributed by atoms with Crippen molar-refractivity contribution in [3.63, 3.8) is 0 Å². The van der Waals surface area contributed by atoms with Crippen LogP contribution in [0.3, 0.4) is 0 Å². The van der Waals surface area contributed by atoms with Gasteiger partial charge in [0.15, 0.2) is 0 Å². The van der Waals surface area contributed by atoms with E-state index in [1.54, 1.807) is 19.5 Å². The largest absolute Gasteiger partial charge is 0.497 e. The average molecular weight is 332 g/mol. The third-order valence-electron chi connectivity index (χ3n) is 4.30. The highest BCUT2D eigenvalue weighted by Gasteiger charge is 2.18. The fourth-order valence-electron chi connectivity index (χ4n) is 3.10. The number of methoxy groups -OCH3 is 2. The molecule has 5 heteroatoms. The highest BCUT2D eigenvalue weighted by molar-refractivity contribution is 6.06. The summed E-state index contributed by atoms with van der Waals surface area (Å²) < 4.78 is 12.3. The highest BCUT2D eigenvalue weighted by Crippen LogP contribution is 2.31. The molecule has 0 saturated carbocycles. The summed E-state index contributed by atoms with van der Waals surface area (Å²) in [6, 6.07) is 15.5. The first kappa shape index (κ1) is 15.2. The summed E-state index contributed by atoms with van der Waals surface area (Å²) in [6.45, 7) is 0. The smallest absolute Gasteiger partial charge is 0.340 e.